The van der Waals surface area contributed by atoms with Crippen LogP contribution in [0.1, 0.15) is 21.5 Å². The van der Waals surface area contributed by atoms with Gasteiger partial charge in [-0.15, -0.1) is 0 Å². The fourth-order valence-corrected chi connectivity index (χ4v) is 3.25. The number of benzene rings is 2. The van der Waals surface area contributed by atoms with E-state index in [4.69, 9.17) is 4.74 Å². The Morgan fingerprint density at radius 1 is 1.06 bits per heavy atom. The fraction of sp³-hybridized carbons (Fsp3) is 0.125. The van der Waals surface area contributed by atoms with Crippen LogP contribution in [0.15, 0.2) is 67.0 Å². The van der Waals surface area contributed by atoms with Gasteiger partial charge in [0.2, 0.25) is 0 Å². The molecule has 0 aliphatic carbocycles. The van der Waals surface area contributed by atoms with Crippen molar-refractivity contribution in [3.8, 4) is 22.9 Å². The van der Waals surface area contributed by atoms with Gasteiger partial charge in [0.15, 0.2) is 0 Å². The summed E-state index contributed by atoms with van der Waals surface area (Å²) in [5.74, 6) is -0.697. The summed E-state index contributed by atoms with van der Waals surface area (Å²) in [6.45, 7) is 1.77. The lowest BCUT2D eigenvalue weighted by atomic mass is 10.1. The van der Waals surface area contributed by atoms with Gasteiger partial charge >= 0.3 is 0 Å². The number of nitrogens with one attached hydrogen (secondary N) is 1. The molecule has 0 saturated carbocycles. The second-order valence-electron chi connectivity index (χ2n) is 7.24. The highest BCUT2D eigenvalue weighted by Crippen LogP contribution is 2.29. The SMILES string of the molecule is Cc1c(Oc2ccnc(-c3ccn(C)n3)c2)cccc1C(=O)NCc1cc(F)cc(F)c1. The minimum absolute atomic E-state index is 0.00414. The van der Waals surface area contributed by atoms with Gasteiger partial charge in [0.05, 0.1) is 5.69 Å². The van der Waals surface area contributed by atoms with Gasteiger partial charge in [0.1, 0.15) is 28.8 Å². The largest absolute Gasteiger partial charge is 0.457 e. The first-order valence-electron chi connectivity index (χ1n) is 9.86. The lowest BCUT2D eigenvalue weighted by molar-refractivity contribution is 0.0950. The van der Waals surface area contributed by atoms with Crippen LogP contribution in [-0.4, -0.2) is 20.7 Å². The van der Waals surface area contributed by atoms with Crippen LogP contribution in [0.25, 0.3) is 11.4 Å². The number of hydrogen-bond donors (Lipinski definition) is 1. The van der Waals surface area contributed by atoms with Gasteiger partial charge in [-0.3, -0.25) is 14.5 Å². The van der Waals surface area contributed by atoms with E-state index in [1.807, 2.05) is 19.3 Å². The molecule has 0 spiro atoms. The zero-order valence-corrected chi connectivity index (χ0v) is 17.5. The highest BCUT2D eigenvalue weighted by Gasteiger charge is 2.14. The van der Waals surface area contributed by atoms with Crippen molar-refractivity contribution in [3.63, 3.8) is 0 Å². The highest BCUT2D eigenvalue weighted by atomic mass is 19.1. The number of hydrogen-bond acceptors (Lipinski definition) is 4. The maximum atomic E-state index is 13.4. The number of aromatic nitrogens is 3. The van der Waals surface area contributed by atoms with Gasteiger partial charge < -0.3 is 10.1 Å². The third-order valence-electron chi connectivity index (χ3n) is 4.84. The van der Waals surface area contributed by atoms with Gasteiger partial charge in [0.25, 0.3) is 5.91 Å². The number of carbonyl (C=O) groups excluding carboxylic acids is 1. The molecule has 8 heteroatoms. The van der Waals surface area contributed by atoms with E-state index < -0.39 is 11.6 Å². The Labute approximate surface area is 183 Å². The maximum Gasteiger partial charge on any atom is 0.251 e. The van der Waals surface area contributed by atoms with Crippen LogP contribution in [0, 0.1) is 18.6 Å². The minimum Gasteiger partial charge on any atom is -0.457 e. The summed E-state index contributed by atoms with van der Waals surface area (Å²) in [5.41, 5.74) is 2.75. The Bertz CT molecular complexity index is 1270. The summed E-state index contributed by atoms with van der Waals surface area (Å²) in [6, 6.07) is 13.6. The second-order valence-corrected chi connectivity index (χ2v) is 7.24. The zero-order valence-electron chi connectivity index (χ0n) is 17.5. The quantitative estimate of drug-likeness (QED) is 0.474. The molecule has 0 aliphatic heterocycles. The monoisotopic (exact) mass is 434 g/mol. The number of aryl methyl sites for hydroxylation is 1. The first kappa shape index (κ1) is 21.2. The van der Waals surface area contributed by atoms with E-state index >= 15 is 0 Å². The first-order chi connectivity index (χ1) is 15.4. The Balaban J connectivity index is 1.50. The minimum atomic E-state index is -0.691. The lowest BCUT2D eigenvalue weighted by Gasteiger charge is -2.13. The molecule has 0 saturated heterocycles. The Morgan fingerprint density at radius 2 is 1.84 bits per heavy atom. The number of carbonyl (C=O) groups is 1. The van der Waals surface area contributed by atoms with Gasteiger partial charge in [-0.1, -0.05) is 6.07 Å². The van der Waals surface area contributed by atoms with E-state index in [0.717, 1.165) is 11.8 Å². The predicted molar refractivity (Wildman–Crippen MR) is 115 cm³/mol. The number of ether oxygens (including phenoxy) is 1. The number of pyridine rings is 1. The molecule has 1 N–H and O–H groups in total. The first-order valence-corrected chi connectivity index (χ1v) is 9.86. The Hall–Kier alpha value is -4.07. The molecule has 0 aliphatic rings. The van der Waals surface area contributed by atoms with Crippen LogP contribution in [-0.2, 0) is 13.6 Å². The molecular formula is C24H20F2N4O2. The van der Waals surface area contributed by atoms with Crippen LogP contribution in [0.2, 0.25) is 0 Å². The zero-order chi connectivity index (χ0) is 22.7. The van der Waals surface area contributed by atoms with Crippen molar-refractivity contribution in [2.45, 2.75) is 13.5 Å². The van der Waals surface area contributed by atoms with Crippen LogP contribution in [0.3, 0.4) is 0 Å². The molecule has 6 nitrogen and oxygen atoms in total. The van der Waals surface area contributed by atoms with Crippen molar-refractivity contribution in [1.29, 1.82) is 0 Å². The van der Waals surface area contributed by atoms with Crippen LogP contribution in [0.5, 0.6) is 11.5 Å². The summed E-state index contributed by atoms with van der Waals surface area (Å²) in [4.78, 5) is 17.0. The van der Waals surface area contributed by atoms with E-state index in [2.05, 4.69) is 15.4 Å². The second kappa shape index (κ2) is 8.97. The van der Waals surface area contributed by atoms with E-state index in [9.17, 15) is 13.6 Å². The number of amides is 1. The molecule has 0 radical (unpaired) electrons. The van der Waals surface area contributed by atoms with Crippen molar-refractivity contribution in [3.05, 3.63) is 95.3 Å². The van der Waals surface area contributed by atoms with Gasteiger partial charge in [-0.2, -0.15) is 5.10 Å². The summed E-state index contributed by atoms with van der Waals surface area (Å²) >= 11 is 0. The smallest absolute Gasteiger partial charge is 0.251 e. The van der Waals surface area contributed by atoms with Crippen LogP contribution in [0.4, 0.5) is 8.78 Å². The summed E-state index contributed by atoms with van der Waals surface area (Å²) in [6.07, 6.45) is 3.46. The molecule has 1 amide bonds. The van der Waals surface area contributed by atoms with E-state index in [-0.39, 0.29) is 12.5 Å². The topological polar surface area (TPSA) is 69.0 Å². The molecule has 2 aromatic heterocycles. The summed E-state index contributed by atoms with van der Waals surface area (Å²) < 4.78 is 34.4. The highest BCUT2D eigenvalue weighted by molar-refractivity contribution is 5.96. The van der Waals surface area contributed by atoms with Gasteiger partial charge in [0, 0.05) is 49.2 Å². The van der Waals surface area contributed by atoms with Crippen molar-refractivity contribution in [1.82, 2.24) is 20.1 Å². The number of halogens is 2. The number of nitrogens with zero attached hydrogens (tertiary/aromatic N) is 3. The summed E-state index contributed by atoms with van der Waals surface area (Å²) in [5, 5.41) is 7.03. The third kappa shape index (κ3) is 4.80. The van der Waals surface area contributed by atoms with Gasteiger partial charge in [-0.25, -0.2) is 8.78 Å². The summed E-state index contributed by atoms with van der Waals surface area (Å²) in [7, 11) is 1.83. The molecule has 4 rings (SSSR count). The third-order valence-corrected chi connectivity index (χ3v) is 4.84. The average Bonchev–Trinajstić information content (AvgIpc) is 3.19. The molecule has 2 heterocycles. The molecule has 0 atom stereocenters. The maximum absolute atomic E-state index is 13.4. The Morgan fingerprint density at radius 3 is 2.56 bits per heavy atom. The average molecular weight is 434 g/mol. The van der Waals surface area contributed by atoms with Crippen LogP contribution < -0.4 is 10.1 Å². The van der Waals surface area contributed by atoms with Crippen molar-refractivity contribution in [2.75, 3.05) is 0 Å². The fourth-order valence-electron chi connectivity index (χ4n) is 3.25. The van der Waals surface area contributed by atoms with Gasteiger partial charge in [-0.05, 0) is 48.9 Å². The van der Waals surface area contributed by atoms with Crippen molar-refractivity contribution < 1.29 is 18.3 Å². The predicted octanol–water partition coefficient (Wildman–Crippen LogP) is 4.79. The molecule has 4 aromatic rings. The normalized spacial score (nSPS) is 10.8. The Kier molecular flexibility index (Phi) is 5.93. The molecule has 162 valence electrons. The van der Waals surface area contributed by atoms with E-state index in [1.165, 1.54) is 12.1 Å². The lowest BCUT2D eigenvalue weighted by Crippen LogP contribution is -2.23. The van der Waals surface area contributed by atoms with E-state index in [1.54, 1.807) is 48.1 Å². The van der Waals surface area contributed by atoms with Crippen molar-refractivity contribution in [2.24, 2.45) is 7.05 Å². The molecule has 2 aromatic carbocycles. The molecule has 0 fully saturated rings. The molecule has 32 heavy (non-hydrogen) atoms. The van der Waals surface area contributed by atoms with Crippen molar-refractivity contribution >= 4 is 5.91 Å². The van der Waals surface area contributed by atoms with Crippen LogP contribution >= 0.6 is 0 Å². The molecule has 0 bridgehead atoms. The van der Waals surface area contributed by atoms with E-state index in [0.29, 0.717) is 33.9 Å². The molecular weight excluding hydrogens is 414 g/mol. The number of rotatable bonds is 6. The standard InChI is InChI=1S/C24H20F2N4O2/c1-15-20(24(31)28-14-16-10-17(25)12-18(26)11-16)4-3-5-23(15)32-19-6-8-27-22(13-19)21-7-9-30(2)29-21/h3-13H,14H2,1-2H3,(H,28,31). The molecule has 0 unspecified atom stereocenters.